The molecule has 7 nitrogen and oxygen atoms in total. The molecule has 31 heavy (non-hydrogen) atoms. The first kappa shape index (κ1) is 22.1. The topological polar surface area (TPSA) is 100 Å². The van der Waals surface area contributed by atoms with Gasteiger partial charge in [-0.2, -0.15) is 0 Å². The van der Waals surface area contributed by atoms with Crippen LogP contribution in [0.25, 0.3) is 0 Å². The highest BCUT2D eigenvalue weighted by atomic mass is 16.2. The van der Waals surface area contributed by atoms with E-state index in [4.69, 9.17) is 5.73 Å². The SMILES string of the molecule is CN[C@H](CC1CCCCC1)C(=O)N1CCC[C@@H]2C[C@@]21C(=O)NCc1ccc(N)nc1C. The van der Waals surface area contributed by atoms with Crippen molar-refractivity contribution < 1.29 is 9.59 Å². The standard InChI is InChI=1S/C24H37N5O2/c1-16-18(10-11-21(25)28-16)15-27-23(31)24-14-19(24)9-6-12-29(24)22(30)20(26-2)13-17-7-4-3-5-8-17/h10-11,17,19-20,26H,3-9,12-15H2,1-2H3,(H2,25,28)(H,27,31)/t19-,20-,24+/m1/s1. The molecule has 2 amide bonds. The number of hydrogen-bond donors (Lipinski definition) is 3. The maximum absolute atomic E-state index is 13.6. The van der Waals surface area contributed by atoms with Gasteiger partial charge in [0.15, 0.2) is 0 Å². The second-order valence-corrected chi connectivity index (χ2v) is 9.70. The van der Waals surface area contributed by atoms with Gasteiger partial charge in [0.05, 0.1) is 6.04 Å². The Kier molecular flexibility index (Phi) is 6.51. The molecule has 2 heterocycles. The summed E-state index contributed by atoms with van der Waals surface area (Å²) in [6.45, 7) is 2.98. The van der Waals surface area contributed by atoms with Gasteiger partial charge in [-0.1, -0.05) is 38.2 Å². The van der Waals surface area contributed by atoms with Crippen molar-refractivity contribution in [2.45, 2.75) is 82.8 Å². The third-order valence-electron chi connectivity index (χ3n) is 7.74. The summed E-state index contributed by atoms with van der Waals surface area (Å²) in [6, 6.07) is 3.47. The highest BCUT2D eigenvalue weighted by Gasteiger charge is 2.66. The number of aryl methyl sites for hydroxylation is 1. The van der Waals surface area contributed by atoms with E-state index in [-0.39, 0.29) is 23.8 Å². The number of pyridine rings is 1. The van der Waals surface area contributed by atoms with E-state index < -0.39 is 5.54 Å². The van der Waals surface area contributed by atoms with Crippen molar-refractivity contribution in [1.82, 2.24) is 20.5 Å². The Morgan fingerprint density at radius 2 is 2.00 bits per heavy atom. The molecule has 0 spiro atoms. The number of nitrogens with two attached hydrogens (primary N) is 1. The Hall–Kier alpha value is -2.15. The Labute approximate surface area is 185 Å². The lowest BCUT2D eigenvalue weighted by Crippen LogP contribution is -2.59. The van der Waals surface area contributed by atoms with E-state index >= 15 is 0 Å². The van der Waals surface area contributed by atoms with E-state index in [2.05, 4.69) is 15.6 Å². The van der Waals surface area contributed by atoms with Crippen LogP contribution in [0.3, 0.4) is 0 Å². The van der Waals surface area contributed by atoms with Crippen LogP contribution in [-0.4, -0.2) is 46.9 Å². The monoisotopic (exact) mass is 427 g/mol. The minimum absolute atomic E-state index is 0.0192. The van der Waals surface area contributed by atoms with E-state index in [1.165, 1.54) is 32.1 Å². The summed E-state index contributed by atoms with van der Waals surface area (Å²) in [6.07, 6.45) is 9.95. The zero-order valence-electron chi connectivity index (χ0n) is 19.0. The van der Waals surface area contributed by atoms with Crippen molar-refractivity contribution >= 4 is 17.6 Å². The summed E-state index contributed by atoms with van der Waals surface area (Å²) in [7, 11) is 1.88. The molecule has 2 aliphatic carbocycles. The lowest BCUT2D eigenvalue weighted by Gasteiger charge is -2.38. The molecule has 3 atom stereocenters. The van der Waals surface area contributed by atoms with Crippen LogP contribution in [0.15, 0.2) is 12.1 Å². The first-order chi connectivity index (χ1) is 15.0. The second kappa shape index (κ2) is 9.15. The summed E-state index contributed by atoms with van der Waals surface area (Å²) < 4.78 is 0. The van der Waals surface area contributed by atoms with Crippen molar-refractivity contribution in [3.63, 3.8) is 0 Å². The number of anilines is 1. The number of rotatable bonds is 7. The predicted molar refractivity (Wildman–Crippen MR) is 121 cm³/mol. The van der Waals surface area contributed by atoms with Crippen molar-refractivity contribution in [3.8, 4) is 0 Å². The molecule has 3 aliphatic rings. The molecular formula is C24H37N5O2. The molecule has 4 N–H and O–H groups in total. The Bertz CT molecular complexity index is 822. The van der Waals surface area contributed by atoms with Gasteiger partial charge >= 0.3 is 0 Å². The Balaban J connectivity index is 1.44. The minimum Gasteiger partial charge on any atom is -0.384 e. The van der Waals surface area contributed by atoms with Gasteiger partial charge in [0.2, 0.25) is 11.8 Å². The fourth-order valence-electron chi connectivity index (χ4n) is 5.80. The fourth-order valence-corrected chi connectivity index (χ4v) is 5.80. The number of likely N-dealkylation sites (N-methyl/N-ethyl adjacent to an activating group) is 1. The van der Waals surface area contributed by atoms with Crippen LogP contribution in [0.4, 0.5) is 5.82 Å². The molecule has 1 aromatic rings. The van der Waals surface area contributed by atoms with E-state index in [0.29, 0.717) is 24.8 Å². The smallest absolute Gasteiger partial charge is 0.246 e. The molecule has 0 unspecified atom stereocenters. The van der Waals surface area contributed by atoms with Gasteiger partial charge in [-0.15, -0.1) is 0 Å². The molecule has 1 saturated heterocycles. The van der Waals surface area contributed by atoms with Crippen LogP contribution in [0.1, 0.15) is 69.0 Å². The Morgan fingerprint density at radius 1 is 1.23 bits per heavy atom. The molecule has 0 bridgehead atoms. The average Bonchev–Trinajstić information content (AvgIpc) is 3.53. The maximum atomic E-state index is 13.6. The van der Waals surface area contributed by atoms with Crippen molar-refractivity contribution in [3.05, 3.63) is 23.4 Å². The molecule has 3 fully saturated rings. The summed E-state index contributed by atoms with van der Waals surface area (Å²) in [5.41, 5.74) is 6.86. The summed E-state index contributed by atoms with van der Waals surface area (Å²) in [5, 5.41) is 6.37. The van der Waals surface area contributed by atoms with Crippen LogP contribution in [0.2, 0.25) is 0 Å². The van der Waals surface area contributed by atoms with Gasteiger partial charge in [-0.3, -0.25) is 9.59 Å². The highest BCUT2D eigenvalue weighted by Crippen LogP contribution is 2.54. The zero-order valence-corrected chi connectivity index (χ0v) is 19.0. The average molecular weight is 428 g/mol. The van der Waals surface area contributed by atoms with Crippen LogP contribution < -0.4 is 16.4 Å². The quantitative estimate of drug-likeness (QED) is 0.621. The van der Waals surface area contributed by atoms with Crippen molar-refractivity contribution in [2.24, 2.45) is 11.8 Å². The van der Waals surface area contributed by atoms with Gasteiger partial charge < -0.3 is 21.3 Å². The molecular weight excluding hydrogens is 390 g/mol. The van der Waals surface area contributed by atoms with E-state index in [1.807, 2.05) is 24.9 Å². The molecule has 4 rings (SSSR count). The molecule has 170 valence electrons. The first-order valence-electron chi connectivity index (χ1n) is 11.9. The number of hydrogen-bond acceptors (Lipinski definition) is 5. The summed E-state index contributed by atoms with van der Waals surface area (Å²) in [4.78, 5) is 33.1. The van der Waals surface area contributed by atoms with E-state index in [9.17, 15) is 9.59 Å². The normalized spacial score (nSPS) is 26.8. The number of piperidine rings is 1. The number of likely N-dealkylation sites (tertiary alicyclic amines) is 1. The molecule has 0 radical (unpaired) electrons. The number of nitrogens with zero attached hydrogens (tertiary/aromatic N) is 2. The fraction of sp³-hybridized carbons (Fsp3) is 0.708. The third kappa shape index (κ3) is 4.43. The molecule has 7 heteroatoms. The van der Waals surface area contributed by atoms with Crippen molar-refractivity contribution in [2.75, 3.05) is 19.3 Å². The van der Waals surface area contributed by atoms with Gasteiger partial charge in [0.25, 0.3) is 0 Å². The van der Waals surface area contributed by atoms with E-state index in [1.54, 1.807) is 6.07 Å². The van der Waals surface area contributed by atoms with Crippen LogP contribution in [0.5, 0.6) is 0 Å². The lowest BCUT2D eigenvalue weighted by molar-refractivity contribution is -0.146. The molecule has 2 saturated carbocycles. The summed E-state index contributed by atoms with van der Waals surface area (Å²) >= 11 is 0. The predicted octanol–water partition coefficient (Wildman–Crippen LogP) is 2.53. The van der Waals surface area contributed by atoms with Crippen LogP contribution in [0, 0.1) is 18.8 Å². The largest absolute Gasteiger partial charge is 0.384 e. The first-order valence-corrected chi connectivity index (χ1v) is 11.9. The minimum atomic E-state index is -0.661. The maximum Gasteiger partial charge on any atom is 0.246 e. The molecule has 0 aromatic carbocycles. The number of nitrogen functional groups attached to an aromatic ring is 1. The Morgan fingerprint density at radius 3 is 2.71 bits per heavy atom. The van der Waals surface area contributed by atoms with Gasteiger partial charge in [0, 0.05) is 18.8 Å². The van der Waals surface area contributed by atoms with Gasteiger partial charge in [-0.05, 0) is 63.1 Å². The number of fused-ring (bicyclic) bond motifs is 1. The second-order valence-electron chi connectivity index (χ2n) is 9.70. The van der Waals surface area contributed by atoms with Gasteiger partial charge in [-0.25, -0.2) is 4.98 Å². The third-order valence-corrected chi connectivity index (χ3v) is 7.74. The number of amides is 2. The lowest BCUT2D eigenvalue weighted by atomic mass is 9.84. The molecule has 1 aliphatic heterocycles. The van der Waals surface area contributed by atoms with Crippen LogP contribution >= 0.6 is 0 Å². The molecule has 1 aromatic heterocycles. The zero-order chi connectivity index (χ0) is 22.0. The highest BCUT2D eigenvalue weighted by molar-refractivity contribution is 5.96. The number of carbonyl (C=O) groups excluding carboxylic acids is 2. The van der Waals surface area contributed by atoms with Crippen LogP contribution in [-0.2, 0) is 16.1 Å². The van der Waals surface area contributed by atoms with Gasteiger partial charge in [0.1, 0.15) is 11.4 Å². The van der Waals surface area contributed by atoms with Crippen molar-refractivity contribution in [1.29, 1.82) is 0 Å². The summed E-state index contributed by atoms with van der Waals surface area (Å²) in [5.74, 6) is 1.46. The number of aromatic nitrogens is 1. The van der Waals surface area contributed by atoms with E-state index in [0.717, 1.165) is 36.9 Å². The number of carbonyl (C=O) groups is 2. The number of nitrogens with one attached hydrogen (secondary N) is 2.